The maximum Gasteiger partial charge on any atom is 0.214 e. The van der Waals surface area contributed by atoms with Gasteiger partial charge in [0.05, 0.1) is 18.1 Å². The molecule has 33 heavy (non-hydrogen) atoms. The maximum atomic E-state index is 11.7. The Morgan fingerprint density at radius 2 is 1.27 bits per heavy atom. The van der Waals surface area contributed by atoms with E-state index in [2.05, 4.69) is 26.0 Å². The minimum Gasteiger partial charge on any atom is -0.340 e. The van der Waals surface area contributed by atoms with Crippen molar-refractivity contribution >= 4 is 0 Å². The number of hydrogen-bond acceptors (Lipinski definition) is 4. The fraction of sp³-hybridized carbons (Fsp3) is 0.357. The Balaban J connectivity index is 1.80. The Morgan fingerprint density at radius 3 is 1.79 bits per heavy atom. The SMILES string of the molecule is CC[C@@H]1OC(c2ccccc2[C@@H](C[N+](=O)[O-])c2ccccc2C)O[C@@H](CC)c2ccccc21. The molecule has 0 aliphatic carbocycles. The summed E-state index contributed by atoms with van der Waals surface area (Å²) >= 11 is 0. The van der Waals surface area contributed by atoms with Crippen molar-refractivity contribution in [3.05, 3.63) is 116 Å². The molecule has 5 nitrogen and oxygen atoms in total. The zero-order valence-electron chi connectivity index (χ0n) is 19.4. The van der Waals surface area contributed by atoms with E-state index in [1.54, 1.807) is 0 Å². The standard InChI is InChI=1S/C28H31NO4/c1-4-26-22-15-9-10-16-23(22)27(5-2)33-28(32-26)24-17-11-8-14-21(24)25(18-29(30)31)20-13-7-6-12-19(20)3/h6-17,25-28H,4-5,18H2,1-3H3/t25-,26-,27-/m0/s1. The van der Waals surface area contributed by atoms with Crippen molar-refractivity contribution in [1.82, 2.24) is 0 Å². The third-order valence-electron chi connectivity index (χ3n) is 6.53. The minimum atomic E-state index is -0.609. The molecular formula is C28H31NO4. The van der Waals surface area contributed by atoms with Gasteiger partial charge in [0.1, 0.15) is 0 Å². The summed E-state index contributed by atoms with van der Waals surface area (Å²) in [6, 6.07) is 24.0. The molecule has 1 aliphatic heterocycles. The van der Waals surface area contributed by atoms with Gasteiger partial charge in [-0.2, -0.15) is 0 Å². The highest BCUT2D eigenvalue weighted by atomic mass is 16.7. The summed E-state index contributed by atoms with van der Waals surface area (Å²) in [5.41, 5.74) is 6.05. The molecule has 0 saturated carbocycles. The molecule has 3 aromatic carbocycles. The van der Waals surface area contributed by atoms with Crippen LogP contribution in [0.25, 0.3) is 0 Å². The molecule has 0 N–H and O–H groups in total. The smallest absolute Gasteiger partial charge is 0.214 e. The van der Waals surface area contributed by atoms with Gasteiger partial charge in [-0.25, -0.2) is 0 Å². The average Bonchev–Trinajstić information content (AvgIpc) is 3.00. The lowest BCUT2D eigenvalue weighted by Gasteiger charge is -2.27. The van der Waals surface area contributed by atoms with Crippen molar-refractivity contribution in [2.45, 2.75) is 58.0 Å². The predicted octanol–water partition coefficient (Wildman–Crippen LogP) is 7.05. The molecule has 4 rings (SSSR count). The van der Waals surface area contributed by atoms with Gasteiger partial charge in [0.2, 0.25) is 6.54 Å². The number of nitrogens with zero attached hydrogens (tertiary/aromatic N) is 1. The van der Waals surface area contributed by atoms with Crippen molar-refractivity contribution in [2.24, 2.45) is 0 Å². The predicted molar refractivity (Wildman–Crippen MR) is 129 cm³/mol. The summed E-state index contributed by atoms with van der Waals surface area (Å²) in [7, 11) is 0. The van der Waals surface area contributed by atoms with Gasteiger partial charge in [-0.05, 0) is 47.6 Å². The highest BCUT2D eigenvalue weighted by Crippen LogP contribution is 2.44. The minimum absolute atomic E-state index is 0.108. The summed E-state index contributed by atoms with van der Waals surface area (Å²) < 4.78 is 13.2. The Labute approximate surface area is 195 Å². The first-order chi connectivity index (χ1) is 16.0. The molecule has 1 heterocycles. The van der Waals surface area contributed by atoms with Gasteiger partial charge in [0.25, 0.3) is 0 Å². The van der Waals surface area contributed by atoms with Crippen LogP contribution in [0.4, 0.5) is 0 Å². The zero-order valence-corrected chi connectivity index (χ0v) is 19.4. The topological polar surface area (TPSA) is 61.6 Å². The Kier molecular flexibility index (Phi) is 7.21. The molecule has 0 saturated heterocycles. The van der Waals surface area contributed by atoms with Crippen molar-refractivity contribution < 1.29 is 14.4 Å². The average molecular weight is 446 g/mol. The molecule has 0 bridgehead atoms. The molecule has 0 spiro atoms. The quantitative estimate of drug-likeness (QED) is 0.289. The van der Waals surface area contributed by atoms with E-state index in [0.717, 1.165) is 46.2 Å². The molecule has 0 radical (unpaired) electrons. The Bertz CT molecular complexity index is 1080. The highest BCUT2D eigenvalue weighted by Gasteiger charge is 2.34. The van der Waals surface area contributed by atoms with Gasteiger partial charge in [0.15, 0.2) is 6.29 Å². The molecule has 0 unspecified atom stereocenters. The molecule has 1 aliphatic rings. The van der Waals surface area contributed by atoms with E-state index in [9.17, 15) is 10.1 Å². The molecule has 0 amide bonds. The lowest BCUT2D eigenvalue weighted by atomic mass is 9.85. The van der Waals surface area contributed by atoms with Gasteiger partial charge in [-0.3, -0.25) is 10.1 Å². The first-order valence-electron chi connectivity index (χ1n) is 11.7. The molecule has 3 atom stereocenters. The van der Waals surface area contributed by atoms with Crippen LogP contribution in [0.5, 0.6) is 0 Å². The van der Waals surface area contributed by atoms with Crippen molar-refractivity contribution in [1.29, 1.82) is 0 Å². The van der Waals surface area contributed by atoms with Gasteiger partial charge < -0.3 is 9.47 Å². The summed E-state index contributed by atoms with van der Waals surface area (Å²) in [5, 5.41) is 11.7. The number of nitro groups is 1. The lowest BCUT2D eigenvalue weighted by Crippen LogP contribution is -2.20. The third kappa shape index (κ3) is 4.85. The van der Waals surface area contributed by atoms with Crippen LogP contribution in [-0.2, 0) is 9.47 Å². The van der Waals surface area contributed by atoms with E-state index in [1.165, 1.54) is 0 Å². The number of benzene rings is 3. The van der Waals surface area contributed by atoms with Crippen LogP contribution < -0.4 is 0 Å². The van der Waals surface area contributed by atoms with E-state index in [4.69, 9.17) is 9.47 Å². The van der Waals surface area contributed by atoms with E-state index in [1.807, 2.05) is 67.6 Å². The second-order valence-corrected chi connectivity index (χ2v) is 8.58. The van der Waals surface area contributed by atoms with E-state index in [-0.39, 0.29) is 23.7 Å². The van der Waals surface area contributed by atoms with Gasteiger partial charge in [0, 0.05) is 10.5 Å². The lowest BCUT2D eigenvalue weighted by molar-refractivity contribution is -0.481. The molecule has 3 aromatic rings. The molecule has 5 heteroatoms. The number of fused-ring (bicyclic) bond motifs is 1. The number of rotatable bonds is 7. The Hall–Kier alpha value is -3.02. The van der Waals surface area contributed by atoms with Crippen LogP contribution in [0.3, 0.4) is 0 Å². The largest absolute Gasteiger partial charge is 0.340 e. The van der Waals surface area contributed by atoms with Gasteiger partial charge >= 0.3 is 0 Å². The molecule has 172 valence electrons. The molecular weight excluding hydrogens is 414 g/mol. The number of aryl methyl sites for hydroxylation is 1. The van der Waals surface area contributed by atoms with E-state index < -0.39 is 12.2 Å². The normalized spacial score (nSPS) is 19.5. The number of ether oxygens (including phenoxy) is 2. The van der Waals surface area contributed by atoms with Crippen LogP contribution in [0.15, 0.2) is 72.8 Å². The highest BCUT2D eigenvalue weighted by molar-refractivity contribution is 5.42. The van der Waals surface area contributed by atoms with Crippen LogP contribution in [-0.4, -0.2) is 11.5 Å². The summed E-state index contributed by atoms with van der Waals surface area (Å²) in [6.07, 6.45) is 0.797. The molecule has 0 aromatic heterocycles. The summed E-state index contributed by atoms with van der Waals surface area (Å²) in [6.45, 7) is 6.03. The fourth-order valence-corrected chi connectivity index (χ4v) is 4.89. The van der Waals surface area contributed by atoms with E-state index in [0.29, 0.717) is 0 Å². The molecule has 0 fully saturated rings. The first-order valence-corrected chi connectivity index (χ1v) is 11.7. The van der Waals surface area contributed by atoms with Crippen molar-refractivity contribution in [3.63, 3.8) is 0 Å². The fourth-order valence-electron chi connectivity index (χ4n) is 4.89. The third-order valence-corrected chi connectivity index (χ3v) is 6.53. The van der Waals surface area contributed by atoms with E-state index >= 15 is 0 Å². The Morgan fingerprint density at radius 1 is 0.788 bits per heavy atom. The first kappa shape index (κ1) is 23.1. The van der Waals surface area contributed by atoms with Crippen LogP contribution in [0.2, 0.25) is 0 Å². The maximum absolute atomic E-state index is 11.7. The van der Waals surface area contributed by atoms with Crippen molar-refractivity contribution in [2.75, 3.05) is 6.54 Å². The van der Waals surface area contributed by atoms with Crippen LogP contribution >= 0.6 is 0 Å². The monoisotopic (exact) mass is 445 g/mol. The van der Waals surface area contributed by atoms with Gasteiger partial charge in [-0.15, -0.1) is 0 Å². The second-order valence-electron chi connectivity index (χ2n) is 8.58. The van der Waals surface area contributed by atoms with Crippen LogP contribution in [0.1, 0.15) is 84.5 Å². The van der Waals surface area contributed by atoms with Crippen molar-refractivity contribution in [3.8, 4) is 0 Å². The van der Waals surface area contributed by atoms with Crippen LogP contribution in [0, 0.1) is 17.0 Å². The number of hydrogen-bond donors (Lipinski definition) is 0. The zero-order chi connectivity index (χ0) is 23.4. The summed E-state index contributed by atoms with van der Waals surface area (Å²) in [4.78, 5) is 11.5. The summed E-state index contributed by atoms with van der Waals surface area (Å²) in [5.74, 6) is -0.393. The second kappa shape index (κ2) is 10.3. The van der Waals surface area contributed by atoms with Gasteiger partial charge in [-0.1, -0.05) is 86.6 Å².